The van der Waals surface area contributed by atoms with Crippen LogP contribution in [0.2, 0.25) is 0 Å². The van der Waals surface area contributed by atoms with Gasteiger partial charge in [-0.25, -0.2) is 4.98 Å². The number of hydrogen-bond donors (Lipinski definition) is 0. The Bertz CT molecular complexity index is 590. The second kappa shape index (κ2) is 5.50. The number of rotatable bonds is 1. The van der Waals surface area contributed by atoms with Crippen molar-refractivity contribution in [1.29, 1.82) is 0 Å². The smallest absolute Gasteiger partial charge is 0.227 e. The molecule has 92 valence electrons. The van der Waals surface area contributed by atoms with Gasteiger partial charge in [0, 0.05) is 5.56 Å². The van der Waals surface area contributed by atoms with Gasteiger partial charge in [-0.2, -0.15) is 0 Å². The molecule has 3 rings (SSSR count). The lowest BCUT2D eigenvalue weighted by Gasteiger charge is -1.95. The number of aromatic nitrogens is 1. The number of oxazole rings is 1. The van der Waals surface area contributed by atoms with Crippen molar-refractivity contribution in [3.05, 3.63) is 54.1 Å². The number of para-hydroxylation sites is 2. The Labute approximate surface area is 107 Å². The molecule has 1 heterocycles. The SMILES string of the molecule is CC.Cc1ccc(-c2nc3ccccc3o2)cc1. The summed E-state index contributed by atoms with van der Waals surface area (Å²) in [4.78, 5) is 4.45. The molecule has 2 heteroatoms. The van der Waals surface area contributed by atoms with Crippen LogP contribution in [0.3, 0.4) is 0 Å². The average molecular weight is 239 g/mol. The van der Waals surface area contributed by atoms with E-state index in [1.807, 2.05) is 50.2 Å². The van der Waals surface area contributed by atoms with Gasteiger partial charge in [-0.05, 0) is 31.2 Å². The van der Waals surface area contributed by atoms with Gasteiger partial charge in [-0.15, -0.1) is 0 Å². The molecule has 2 aromatic carbocycles. The molecule has 3 aromatic rings. The summed E-state index contributed by atoms with van der Waals surface area (Å²) in [5.41, 5.74) is 3.98. The van der Waals surface area contributed by atoms with Crippen LogP contribution in [0.4, 0.5) is 0 Å². The zero-order chi connectivity index (χ0) is 13.0. The van der Waals surface area contributed by atoms with E-state index in [1.54, 1.807) is 0 Å². The van der Waals surface area contributed by atoms with Crippen molar-refractivity contribution in [3.8, 4) is 11.5 Å². The van der Waals surface area contributed by atoms with Gasteiger partial charge >= 0.3 is 0 Å². The van der Waals surface area contributed by atoms with Crippen LogP contribution in [-0.4, -0.2) is 4.98 Å². The second-order valence-corrected chi connectivity index (χ2v) is 3.85. The Hall–Kier alpha value is -2.09. The molecule has 2 nitrogen and oxygen atoms in total. The third-order valence-electron chi connectivity index (χ3n) is 2.59. The van der Waals surface area contributed by atoms with Gasteiger partial charge in [0.2, 0.25) is 5.89 Å². The minimum absolute atomic E-state index is 0.682. The fraction of sp³-hybridized carbons (Fsp3) is 0.188. The van der Waals surface area contributed by atoms with Crippen molar-refractivity contribution < 1.29 is 4.42 Å². The fourth-order valence-electron chi connectivity index (χ4n) is 1.69. The molecule has 0 bridgehead atoms. The lowest BCUT2D eigenvalue weighted by atomic mass is 10.1. The summed E-state index contributed by atoms with van der Waals surface area (Å²) in [6.07, 6.45) is 0. The molecule has 0 spiro atoms. The highest BCUT2D eigenvalue weighted by Crippen LogP contribution is 2.23. The monoisotopic (exact) mass is 239 g/mol. The predicted molar refractivity (Wildman–Crippen MR) is 75.5 cm³/mol. The van der Waals surface area contributed by atoms with E-state index in [4.69, 9.17) is 4.42 Å². The molecule has 0 atom stereocenters. The molecule has 0 fully saturated rings. The van der Waals surface area contributed by atoms with Crippen LogP contribution in [0.1, 0.15) is 19.4 Å². The van der Waals surface area contributed by atoms with E-state index in [9.17, 15) is 0 Å². The fourth-order valence-corrected chi connectivity index (χ4v) is 1.69. The van der Waals surface area contributed by atoms with Gasteiger partial charge < -0.3 is 4.42 Å². The highest BCUT2D eigenvalue weighted by atomic mass is 16.3. The summed E-state index contributed by atoms with van der Waals surface area (Å²) in [5.74, 6) is 0.682. The number of hydrogen-bond acceptors (Lipinski definition) is 2. The zero-order valence-electron chi connectivity index (χ0n) is 11.0. The molecule has 0 amide bonds. The first-order valence-corrected chi connectivity index (χ1v) is 6.25. The van der Waals surface area contributed by atoms with Gasteiger partial charge in [-0.3, -0.25) is 0 Å². The van der Waals surface area contributed by atoms with Gasteiger partial charge in [0.25, 0.3) is 0 Å². The van der Waals surface area contributed by atoms with Crippen molar-refractivity contribution in [2.24, 2.45) is 0 Å². The summed E-state index contributed by atoms with van der Waals surface area (Å²) in [6.45, 7) is 6.07. The Kier molecular flexibility index (Phi) is 3.78. The Balaban J connectivity index is 0.000000574. The van der Waals surface area contributed by atoms with E-state index < -0.39 is 0 Å². The number of nitrogens with zero attached hydrogens (tertiary/aromatic N) is 1. The molecule has 0 aliphatic rings. The Morgan fingerprint density at radius 1 is 0.889 bits per heavy atom. The van der Waals surface area contributed by atoms with Gasteiger partial charge in [0.1, 0.15) is 5.52 Å². The maximum atomic E-state index is 5.68. The van der Waals surface area contributed by atoms with Crippen molar-refractivity contribution in [3.63, 3.8) is 0 Å². The van der Waals surface area contributed by atoms with Crippen LogP contribution in [0.15, 0.2) is 52.9 Å². The van der Waals surface area contributed by atoms with Crippen LogP contribution in [0.5, 0.6) is 0 Å². The molecule has 0 unspecified atom stereocenters. The zero-order valence-corrected chi connectivity index (χ0v) is 11.0. The molecule has 0 aliphatic heterocycles. The van der Waals surface area contributed by atoms with E-state index >= 15 is 0 Å². The molecule has 0 radical (unpaired) electrons. The molecule has 0 aliphatic carbocycles. The quantitative estimate of drug-likeness (QED) is 0.608. The second-order valence-electron chi connectivity index (χ2n) is 3.85. The number of fused-ring (bicyclic) bond motifs is 1. The molecule has 0 saturated heterocycles. The minimum atomic E-state index is 0.682. The average Bonchev–Trinajstić information content (AvgIpc) is 2.85. The first kappa shape index (κ1) is 12.4. The van der Waals surface area contributed by atoms with Crippen LogP contribution >= 0.6 is 0 Å². The van der Waals surface area contributed by atoms with Crippen molar-refractivity contribution in [2.75, 3.05) is 0 Å². The normalized spacial score (nSPS) is 9.94. The molecule has 18 heavy (non-hydrogen) atoms. The van der Waals surface area contributed by atoms with E-state index in [0.717, 1.165) is 16.7 Å². The summed E-state index contributed by atoms with van der Waals surface area (Å²) in [5, 5.41) is 0. The maximum absolute atomic E-state index is 5.68. The minimum Gasteiger partial charge on any atom is -0.436 e. The lowest BCUT2D eigenvalue weighted by molar-refractivity contribution is 0.620. The highest BCUT2D eigenvalue weighted by molar-refractivity contribution is 5.75. The predicted octanol–water partition coefficient (Wildman–Crippen LogP) is 4.83. The molecule has 1 aromatic heterocycles. The molecular formula is C16H17NO. The largest absolute Gasteiger partial charge is 0.436 e. The number of aryl methyl sites for hydroxylation is 1. The van der Waals surface area contributed by atoms with E-state index in [2.05, 4.69) is 24.0 Å². The Morgan fingerprint density at radius 2 is 1.56 bits per heavy atom. The van der Waals surface area contributed by atoms with Crippen LogP contribution in [0, 0.1) is 6.92 Å². The van der Waals surface area contributed by atoms with Gasteiger partial charge in [-0.1, -0.05) is 43.7 Å². The van der Waals surface area contributed by atoms with Gasteiger partial charge in [0.05, 0.1) is 0 Å². The highest BCUT2D eigenvalue weighted by Gasteiger charge is 2.06. The van der Waals surface area contributed by atoms with E-state index in [-0.39, 0.29) is 0 Å². The third kappa shape index (κ3) is 2.43. The summed E-state index contributed by atoms with van der Waals surface area (Å²) >= 11 is 0. The summed E-state index contributed by atoms with van der Waals surface area (Å²) < 4.78 is 5.68. The van der Waals surface area contributed by atoms with Crippen LogP contribution in [0.25, 0.3) is 22.6 Å². The summed E-state index contributed by atoms with van der Waals surface area (Å²) in [7, 11) is 0. The van der Waals surface area contributed by atoms with Crippen LogP contribution in [-0.2, 0) is 0 Å². The lowest BCUT2D eigenvalue weighted by Crippen LogP contribution is -1.77. The first-order valence-electron chi connectivity index (χ1n) is 6.25. The van der Waals surface area contributed by atoms with Crippen molar-refractivity contribution >= 4 is 11.1 Å². The van der Waals surface area contributed by atoms with Crippen molar-refractivity contribution in [1.82, 2.24) is 4.98 Å². The molecular weight excluding hydrogens is 222 g/mol. The molecule has 0 N–H and O–H groups in total. The topological polar surface area (TPSA) is 26.0 Å². The third-order valence-corrected chi connectivity index (χ3v) is 2.59. The molecule has 0 saturated carbocycles. The van der Waals surface area contributed by atoms with E-state index in [1.165, 1.54) is 5.56 Å². The summed E-state index contributed by atoms with van der Waals surface area (Å²) in [6, 6.07) is 16.0. The van der Waals surface area contributed by atoms with Gasteiger partial charge in [0.15, 0.2) is 5.58 Å². The Morgan fingerprint density at radius 3 is 2.22 bits per heavy atom. The first-order chi connectivity index (χ1) is 8.83. The van der Waals surface area contributed by atoms with Crippen molar-refractivity contribution in [2.45, 2.75) is 20.8 Å². The number of benzene rings is 2. The van der Waals surface area contributed by atoms with Crippen LogP contribution < -0.4 is 0 Å². The standard InChI is InChI=1S/C14H11NO.C2H6/c1-10-6-8-11(9-7-10)14-15-12-4-2-3-5-13(12)16-14;1-2/h2-9H,1H3;1-2H3. The van der Waals surface area contributed by atoms with E-state index in [0.29, 0.717) is 5.89 Å². The maximum Gasteiger partial charge on any atom is 0.227 e.